The van der Waals surface area contributed by atoms with Crippen LogP contribution in [0.25, 0.3) is 0 Å². The van der Waals surface area contributed by atoms with Crippen LogP contribution in [-0.2, 0) is 10.2 Å². The third-order valence-electron chi connectivity index (χ3n) is 4.03. The second kappa shape index (κ2) is 7.73. The number of aliphatic hydroxyl groups excluding tert-OH is 1. The molecule has 1 fully saturated rings. The first kappa shape index (κ1) is 17.9. The van der Waals surface area contributed by atoms with E-state index in [1.165, 1.54) is 4.31 Å². The topological polar surface area (TPSA) is 69.6 Å². The Morgan fingerprint density at radius 1 is 1.30 bits per heavy atom. The van der Waals surface area contributed by atoms with Crippen LogP contribution in [0, 0.1) is 5.92 Å². The minimum atomic E-state index is -3.52. The van der Waals surface area contributed by atoms with Crippen molar-refractivity contribution >= 4 is 10.2 Å². The van der Waals surface area contributed by atoms with Crippen molar-refractivity contribution in [1.82, 2.24) is 9.03 Å². The second-order valence-electron chi connectivity index (χ2n) is 6.15. The third kappa shape index (κ3) is 4.69. The van der Waals surface area contributed by atoms with E-state index in [0.29, 0.717) is 19.0 Å². The maximum Gasteiger partial charge on any atom is 0.280 e. The molecule has 0 spiro atoms. The molecule has 120 valence electrons. The van der Waals surface area contributed by atoms with Gasteiger partial charge in [-0.1, -0.05) is 33.6 Å². The predicted octanol–water partition coefficient (Wildman–Crippen LogP) is 1.88. The van der Waals surface area contributed by atoms with E-state index in [1.807, 2.05) is 13.8 Å². The van der Waals surface area contributed by atoms with Crippen LogP contribution in [0.15, 0.2) is 0 Å². The second-order valence-corrected chi connectivity index (χ2v) is 7.82. The van der Waals surface area contributed by atoms with Gasteiger partial charge in [0.1, 0.15) is 0 Å². The van der Waals surface area contributed by atoms with Gasteiger partial charge in [0.2, 0.25) is 0 Å². The molecule has 20 heavy (non-hydrogen) atoms. The van der Waals surface area contributed by atoms with Crippen molar-refractivity contribution in [3.8, 4) is 0 Å². The highest BCUT2D eigenvalue weighted by molar-refractivity contribution is 7.87. The number of rotatable bonds is 8. The van der Waals surface area contributed by atoms with Gasteiger partial charge >= 0.3 is 0 Å². The van der Waals surface area contributed by atoms with Crippen molar-refractivity contribution in [2.45, 2.75) is 64.8 Å². The van der Waals surface area contributed by atoms with Gasteiger partial charge in [0.15, 0.2) is 0 Å². The molecule has 0 aromatic heterocycles. The van der Waals surface area contributed by atoms with Crippen LogP contribution in [0.4, 0.5) is 0 Å². The quantitative estimate of drug-likeness (QED) is 0.719. The lowest BCUT2D eigenvalue weighted by Gasteiger charge is -2.40. The van der Waals surface area contributed by atoms with Gasteiger partial charge in [0.25, 0.3) is 10.2 Å². The highest BCUT2D eigenvalue weighted by atomic mass is 32.2. The number of nitrogens with zero attached hydrogens (tertiary/aromatic N) is 1. The first-order chi connectivity index (χ1) is 9.39. The van der Waals surface area contributed by atoms with Crippen LogP contribution in [-0.4, -0.2) is 43.1 Å². The van der Waals surface area contributed by atoms with E-state index in [-0.39, 0.29) is 6.61 Å². The normalized spacial score (nSPS) is 27.9. The molecule has 2 N–H and O–H groups in total. The molecule has 5 nitrogen and oxygen atoms in total. The fraction of sp³-hybridized carbons (Fsp3) is 1.00. The van der Waals surface area contributed by atoms with Crippen LogP contribution in [0.5, 0.6) is 0 Å². The molecule has 2 atom stereocenters. The van der Waals surface area contributed by atoms with Crippen molar-refractivity contribution in [2.24, 2.45) is 5.92 Å². The summed E-state index contributed by atoms with van der Waals surface area (Å²) in [6, 6.07) is 0. The van der Waals surface area contributed by atoms with E-state index < -0.39 is 15.7 Å². The molecule has 1 rings (SSSR count). The van der Waals surface area contributed by atoms with E-state index in [0.717, 1.165) is 38.5 Å². The highest BCUT2D eigenvalue weighted by Gasteiger charge is 2.39. The van der Waals surface area contributed by atoms with Crippen molar-refractivity contribution in [1.29, 1.82) is 0 Å². The Labute approximate surface area is 123 Å². The molecular formula is C14H30N2O3S. The Hall–Kier alpha value is -0.170. The fourth-order valence-electron chi connectivity index (χ4n) is 3.12. The van der Waals surface area contributed by atoms with E-state index >= 15 is 0 Å². The molecule has 0 amide bonds. The zero-order valence-electron chi connectivity index (χ0n) is 13.1. The summed E-state index contributed by atoms with van der Waals surface area (Å²) in [5, 5.41) is 9.72. The van der Waals surface area contributed by atoms with E-state index in [4.69, 9.17) is 0 Å². The standard InChI is InChI=1S/C14H30N2O3S/c1-4-9-16(10-5-2)20(18,19)15-14(12-17)8-6-7-13(3)11-14/h13,15,17H,4-12H2,1-3H3. The third-order valence-corrected chi connectivity index (χ3v) is 5.76. The van der Waals surface area contributed by atoms with Crippen molar-refractivity contribution in [2.75, 3.05) is 19.7 Å². The van der Waals surface area contributed by atoms with Gasteiger partial charge < -0.3 is 5.11 Å². The Morgan fingerprint density at radius 2 is 1.90 bits per heavy atom. The van der Waals surface area contributed by atoms with Gasteiger partial charge in [-0.05, 0) is 31.6 Å². The van der Waals surface area contributed by atoms with Crippen molar-refractivity contribution in [3.63, 3.8) is 0 Å². The molecule has 1 aliphatic rings. The number of aliphatic hydroxyl groups is 1. The molecule has 0 radical (unpaired) electrons. The predicted molar refractivity (Wildman–Crippen MR) is 81.7 cm³/mol. The van der Waals surface area contributed by atoms with Gasteiger partial charge in [0, 0.05) is 13.1 Å². The Bertz CT molecular complexity index is 380. The minimum absolute atomic E-state index is 0.122. The SMILES string of the molecule is CCCN(CCC)S(=O)(=O)NC1(CO)CCCC(C)C1. The first-order valence-electron chi connectivity index (χ1n) is 7.79. The average Bonchev–Trinajstić information content (AvgIpc) is 2.38. The maximum absolute atomic E-state index is 12.6. The summed E-state index contributed by atoms with van der Waals surface area (Å²) < 4.78 is 29.4. The molecular weight excluding hydrogens is 276 g/mol. The van der Waals surface area contributed by atoms with E-state index in [2.05, 4.69) is 11.6 Å². The minimum Gasteiger partial charge on any atom is -0.394 e. The first-order valence-corrected chi connectivity index (χ1v) is 9.23. The smallest absolute Gasteiger partial charge is 0.280 e. The maximum atomic E-state index is 12.6. The molecule has 1 saturated carbocycles. The van der Waals surface area contributed by atoms with Gasteiger partial charge in [-0.15, -0.1) is 0 Å². The molecule has 0 aromatic carbocycles. The molecule has 0 aromatic rings. The fourth-order valence-corrected chi connectivity index (χ4v) is 4.89. The number of nitrogens with one attached hydrogen (secondary N) is 1. The number of hydrogen-bond donors (Lipinski definition) is 2. The largest absolute Gasteiger partial charge is 0.394 e. The van der Waals surface area contributed by atoms with Gasteiger partial charge in [0.05, 0.1) is 12.1 Å². The highest BCUT2D eigenvalue weighted by Crippen LogP contribution is 2.32. The summed E-state index contributed by atoms with van der Waals surface area (Å²) in [6.45, 7) is 7.00. The Balaban J connectivity index is 2.85. The van der Waals surface area contributed by atoms with Gasteiger partial charge in [-0.3, -0.25) is 0 Å². The van der Waals surface area contributed by atoms with E-state index in [9.17, 15) is 13.5 Å². The Kier molecular flexibility index (Phi) is 6.91. The molecule has 2 unspecified atom stereocenters. The van der Waals surface area contributed by atoms with Gasteiger partial charge in [-0.2, -0.15) is 17.4 Å². The summed E-state index contributed by atoms with van der Waals surface area (Å²) in [4.78, 5) is 0. The summed E-state index contributed by atoms with van der Waals surface area (Å²) in [7, 11) is -3.52. The lowest BCUT2D eigenvalue weighted by molar-refractivity contribution is 0.117. The molecule has 0 aliphatic heterocycles. The van der Waals surface area contributed by atoms with Crippen molar-refractivity contribution < 1.29 is 13.5 Å². The molecule has 0 heterocycles. The van der Waals surface area contributed by atoms with Crippen LogP contribution in [0.1, 0.15) is 59.3 Å². The molecule has 0 bridgehead atoms. The summed E-state index contributed by atoms with van der Waals surface area (Å²) in [6.07, 6.45) is 5.10. The van der Waals surface area contributed by atoms with Crippen LogP contribution in [0.2, 0.25) is 0 Å². The number of hydrogen-bond acceptors (Lipinski definition) is 3. The Morgan fingerprint density at radius 3 is 2.35 bits per heavy atom. The van der Waals surface area contributed by atoms with Crippen LogP contribution < -0.4 is 4.72 Å². The molecule has 1 aliphatic carbocycles. The zero-order chi connectivity index (χ0) is 15.2. The van der Waals surface area contributed by atoms with Crippen LogP contribution in [0.3, 0.4) is 0 Å². The molecule has 6 heteroatoms. The molecule has 0 saturated heterocycles. The lowest BCUT2D eigenvalue weighted by atomic mass is 9.78. The van der Waals surface area contributed by atoms with Gasteiger partial charge in [-0.25, -0.2) is 0 Å². The average molecular weight is 306 g/mol. The summed E-state index contributed by atoms with van der Waals surface area (Å²) >= 11 is 0. The summed E-state index contributed by atoms with van der Waals surface area (Å²) in [5.41, 5.74) is -0.670. The monoisotopic (exact) mass is 306 g/mol. The van der Waals surface area contributed by atoms with E-state index in [1.54, 1.807) is 0 Å². The summed E-state index contributed by atoms with van der Waals surface area (Å²) in [5.74, 6) is 0.449. The van der Waals surface area contributed by atoms with Crippen molar-refractivity contribution in [3.05, 3.63) is 0 Å². The zero-order valence-corrected chi connectivity index (χ0v) is 13.9. The van der Waals surface area contributed by atoms with Crippen LogP contribution >= 0.6 is 0 Å². The lowest BCUT2D eigenvalue weighted by Crippen LogP contribution is -2.57.